The van der Waals surface area contributed by atoms with Crippen LogP contribution in [-0.2, 0) is 16.1 Å². The highest BCUT2D eigenvalue weighted by Crippen LogP contribution is 2.27. The molecule has 3 aliphatic rings. The minimum Gasteiger partial charge on any atom is -0.383 e. The van der Waals surface area contributed by atoms with Crippen molar-refractivity contribution in [2.24, 2.45) is 0 Å². The molecule has 2 fully saturated rings. The van der Waals surface area contributed by atoms with Crippen molar-refractivity contribution in [1.82, 2.24) is 19.6 Å². The third kappa shape index (κ3) is 6.92. The van der Waals surface area contributed by atoms with Gasteiger partial charge in [-0.3, -0.25) is 14.6 Å². The molecular formula is C29H39N5O2. The highest BCUT2D eigenvalue weighted by Gasteiger charge is 2.23. The smallest absolute Gasteiger partial charge is 0.253 e. The maximum Gasteiger partial charge on any atom is 0.253 e. The van der Waals surface area contributed by atoms with Crippen molar-refractivity contribution < 1.29 is 9.53 Å². The number of nitriles is 1. The third-order valence-electron chi connectivity index (χ3n) is 7.41. The summed E-state index contributed by atoms with van der Waals surface area (Å²) in [5.74, 6) is 0.0369. The van der Waals surface area contributed by atoms with Crippen LogP contribution >= 0.6 is 0 Å². The van der Waals surface area contributed by atoms with Crippen molar-refractivity contribution in [1.29, 1.82) is 5.26 Å². The largest absolute Gasteiger partial charge is 0.383 e. The average molecular weight is 490 g/mol. The highest BCUT2D eigenvalue weighted by molar-refractivity contribution is 5.96. The summed E-state index contributed by atoms with van der Waals surface area (Å²) in [7, 11) is 3.90. The number of carbonyl (C=O) groups is 1. The number of benzene rings is 1. The van der Waals surface area contributed by atoms with E-state index in [0.717, 1.165) is 77.6 Å². The van der Waals surface area contributed by atoms with Gasteiger partial charge in [0.2, 0.25) is 0 Å². The fraction of sp³-hybridized carbons (Fsp3) is 0.517. The Balaban J connectivity index is 1.38. The number of amides is 1. The first-order valence-electron chi connectivity index (χ1n) is 13.1. The zero-order valence-electron chi connectivity index (χ0n) is 21.7. The van der Waals surface area contributed by atoms with Gasteiger partial charge in [0.05, 0.1) is 18.2 Å². The maximum atomic E-state index is 13.1. The van der Waals surface area contributed by atoms with E-state index in [9.17, 15) is 10.1 Å². The Morgan fingerprint density at radius 2 is 1.86 bits per heavy atom. The summed E-state index contributed by atoms with van der Waals surface area (Å²) in [6.45, 7) is 10.1. The van der Waals surface area contributed by atoms with E-state index < -0.39 is 0 Å². The van der Waals surface area contributed by atoms with E-state index in [0.29, 0.717) is 11.1 Å². The first-order chi connectivity index (χ1) is 17.6. The Morgan fingerprint density at radius 3 is 2.64 bits per heavy atom. The van der Waals surface area contributed by atoms with Crippen molar-refractivity contribution in [3.8, 4) is 6.07 Å². The van der Waals surface area contributed by atoms with Crippen molar-refractivity contribution in [2.45, 2.75) is 18.9 Å². The summed E-state index contributed by atoms with van der Waals surface area (Å²) in [4.78, 5) is 22.3. The zero-order valence-corrected chi connectivity index (χ0v) is 21.7. The summed E-state index contributed by atoms with van der Waals surface area (Å²) in [6, 6.07) is 8.69. The fourth-order valence-corrected chi connectivity index (χ4v) is 5.14. The van der Waals surface area contributed by atoms with Gasteiger partial charge in [0.1, 0.15) is 0 Å². The molecule has 0 spiro atoms. The lowest BCUT2D eigenvalue weighted by Crippen LogP contribution is -2.49. The Morgan fingerprint density at radius 1 is 1.06 bits per heavy atom. The molecule has 1 atom stereocenters. The molecule has 2 saturated heterocycles. The first-order valence-corrected chi connectivity index (χ1v) is 13.1. The van der Waals surface area contributed by atoms with E-state index in [1.54, 1.807) is 7.11 Å². The number of hydrogen-bond donors (Lipinski definition) is 0. The van der Waals surface area contributed by atoms with Crippen molar-refractivity contribution >= 4 is 5.91 Å². The van der Waals surface area contributed by atoms with Crippen LogP contribution in [0.2, 0.25) is 0 Å². The first kappa shape index (κ1) is 26.3. The topological polar surface area (TPSA) is 63.1 Å². The van der Waals surface area contributed by atoms with E-state index in [1.807, 2.05) is 35.3 Å². The zero-order chi connectivity index (χ0) is 25.3. The maximum absolute atomic E-state index is 13.1. The molecule has 1 unspecified atom stereocenters. The van der Waals surface area contributed by atoms with E-state index in [4.69, 9.17) is 4.74 Å². The lowest BCUT2D eigenvalue weighted by atomic mass is 9.92. The highest BCUT2D eigenvalue weighted by atomic mass is 16.5. The molecular weight excluding hydrogens is 450 g/mol. The third-order valence-corrected chi connectivity index (χ3v) is 7.41. The number of ether oxygens (including phenoxy) is 1. The van der Waals surface area contributed by atoms with Crippen LogP contribution in [-0.4, -0.2) is 105 Å². The molecule has 7 nitrogen and oxygen atoms in total. The number of carbonyl (C=O) groups excluding carboxylic acids is 1. The van der Waals surface area contributed by atoms with Gasteiger partial charge in [-0.15, -0.1) is 0 Å². The molecule has 0 radical (unpaired) electrons. The van der Waals surface area contributed by atoms with Crippen LogP contribution in [0.15, 0.2) is 54.2 Å². The van der Waals surface area contributed by atoms with E-state index in [2.05, 4.69) is 46.0 Å². The average Bonchev–Trinajstić information content (AvgIpc) is 3.28. The van der Waals surface area contributed by atoms with Gasteiger partial charge in [-0.25, -0.2) is 0 Å². The molecule has 2 heterocycles. The lowest BCUT2D eigenvalue weighted by Gasteiger charge is -2.34. The van der Waals surface area contributed by atoms with Gasteiger partial charge >= 0.3 is 0 Å². The summed E-state index contributed by atoms with van der Waals surface area (Å²) >= 11 is 0. The minimum absolute atomic E-state index is 0.0343. The van der Waals surface area contributed by atoms with Gasteiger partial charge < -0.3 is 14.5 Å². The van der Waals surface area contributed by atoms with Gasteiger partial charge in [0.15, 0.2) is 0 Å². The number of methoxy groups -OCH3 is 1. The van der Waals surface area contributed by atoms with Gasteiger partial charge in [0, 0.05) is 71.0 Å². The number of hydrogen-bond acceptors (Lipinski definition) is 6. The summed E-state index contributed by atoms with van der Waals surface area (Å²) in [6.07, 6.45) is 11.1. The molecule has 0 aromatic heterocycles. The second-order valence-corrected chi connectivity index (χ2v) is 9.98. The van der Waals surface area contributed by atoms with Gasteiger partial charge in [-0.2, -0.15) is 5.26 Å². The van der Waals surface area contributed by atoms with E-state index >= 15 is 0 Å². The molecule has 1 aromatic carbocycles. The molecule has 0 bridgehead atoms. The van der Waals surface area contributed by atoms with Crippen LogP contribution < -0.4 is 0 Å². The lowest BCUT2D eigenvalue weighted by molar-refractivity contribution is -0.128. The van der Waals surface area contributed by atoms with E-state index in [1.165, 1.54) is 12.0 Å². The van der Waals surface area contributed by atoms with E-state index in [-0.39, 0.29) is 11.8 Å². The Labute approximate surface area is 215 Å². The second-order valence-electron chi connectivity index (χ2n) is 9.98. The molecule has 4 rings (SSSR count). The quantitative estimate of drug-likeness (QED) is 0.587. The predicted molar refractivity (Wildman–Crippen MR) is 143 cm³/mol. The molecule has 0 saturated carbocycles. The number of rotatable bonds is 7. The summed E-state index contributed by atoms with van der Waals surface area (Å²) in [5.41, 5.74) is 3.57. The van der Waals surface area contributed by atoms with Crippen LogP contribution in [0, 0.1) is 11.3 Å². The number of piperazine rings is 1. The van der Waals surface area contributed by atoms with Crippen LogP contribution in [0.3, 0.4) is 0 Å². The van der Waals surface area contributed by atoms with Crippen LogP contribution in [0.5, 0.6) is 0 Å². The Kier molecular flexibility index (Phi) is 9.48. The van der Waals surface area contributed by atoms with Crippen LogP contribution in [0.25, 0.3) is 0 Å². The normalized spacial score (nSPS) is 22.1. The fourth-order valence-electron chi connectivity index (χ4n) is 5.14. The van der Waals surface area contributed by atoms with Crippen molar-refractivity contribution in [3.63, 3.8) is 0 Å². The van der Waals surface area contributed by atoms with Crippen molar-refractivity contribution in [3.05, 3.63) is 70.8 Å². The molecule has 1 aliphatic carbocycles. The standard InChI is InChI=1S/C29H39N5O2/c1-31-11-4-12-33(14-13-31)23-24-7-10-28(27(21-24)22-30)25-5-3-6-26(9-8-25)29(35)34-17-15-32(16-18-34)19-20-36-2/h3,5-10,21,25H,4,11-20,23H2,1-2H3. The van der Waals surface area contributed by atoms with Crippen LogP contribution in [0.4, 0.5) is 0 Å². The summed E-state index contributed by atoms with van der Waals surface area (Å²) in [5, 5.41) is 9.91. The number of likely N-dealkylation sites (N-methyl/N-ethyl adjacent to an activating group) is 1. The van der Waals surface area contributed by atoms with Gasteiger partial charge in [-0.05, 0) is 49.8 Å². The Hall–Kier alpha value is -2.76. The van der Waals surface area contributed by atoms with Crippen molar-refractivity contribution in [2.75, 3.05) is 79.7 Å². The molecule has 36 heavy (non-hydrogen) atoms. The molecule has 2 aliphatic heterocycles. The van der Waals surface area contributed by atoms with Crippen LogP contribution in [0.1, 0.15) is 29.0 Å². The number of nitrogens with zero attached hydrogens (tertiary/aromatic N) is 5. The minimum atomic E-state index is -0.0343. The second kappa shape index (κ2) is 13.0. The molecule has 192 valence electrons. The monoisotopic (exact) mass is 489 g/mol. The predicted octanol–water partition coefficient (Wildman–Crippen LogP) is 2.62. The number of allylic oxidation sites excluding steroid dienone is 4. The molecule has 1 aromatic rings. The molecule has 1 amide bonds. The van der Waals surface area contributed by atoms with Gasteiger partial charge in [-0.1, -0.05) is 36.4 Å². The molecule has 0 N–H and O–H groups in total. The summed E-state index contributed by atoms with van der Waals surface area (Å²) < 4.78 is 5.17. The molecule has 7 heteroatoms. The SMILES string of the molecule is COCCN1CCN(C(=O)C2=CC=CC(c3ccc(CN4CCCN(C)CC4)cc3C#N)C=C2)CC1. The van der Waals surface area contributed by atoms with Gasteiger partial charge in [0.25, 0.3) is 5.91 Å². The Bertz CT molecular complexity index is 1030.